The second kappa shape index (κ2) is 13.5. The van der Waals surface area contributed by atoms with Crippen LogP contribution in [0.25, 0.3) is 0 Å². The lowest BCUT2D eigenvalue weighted by Crippen LogP contribution is -2.53. The normalized spacial score (nSPS) is 16.2. The summed E-state index contributed by atoms with van der Waals surface area (Å²) in [5.74, 6) is -0.456. The van der Waals surface area contributed by atoms with Crippen LogP contribution < -0.4 is 10.6 Å². The molecule has 2 unspecified atom stereocenters. The van der Waals surface area contributed by atoms with Gasteiger partial charge in [0.1, 0.15) is 17.7 Å². The number of amides is 3. The van der Waals surface area contributed by atoms with Crippen LogP contribution in [0, 0.1) is 0 Å². The van der Waals surface area contributed by atoms with E-state index in [0.29, 0.717) is 6.54 Å². The van der Waals surface area contributed by atoms with Crippen LogP contribution in [0.2, 0.25) is 0 Å². The topological polar surface area (TPSA) is 87.7 Å². The molecule has 2 atom stereocenters. The number of alkyl carbamates (subject to hydrolysis) is 1. The Morgan fingerprint density at radius 2 is 1.69 bits per heavy atom. The maximum absolute atomic E-state index is 13.7. The Hall–Kier alpha value is -2.57. The van der Waals surface area contributed by atoms with Crippen LogP contribution in [0.5, 0.6) is 0 Å². The highest BCUT2D eigenvalue weighted by Gasteiger charge is 2.35. The van der Waals surface area contributed by atoms with Gasteiger partial charge in [-0.2, -0.15) is 0 Å². The van der Waals surface area contributed by atoms with Gasteiger partial charge < -0.3 is 20.3 Å². The molecule has 2 rings (SSSR count). The fraction of sp³-hybridized carbons (Fsp3) is 0.679. The van der Waals surface area contributed by atoms with E-state index in [4.69, 9.17) is 4.74 Å². The summed E-state index contributed by atoms with van der Waals surface area (Å²) in [4.78, 5) is 41.3. The van der Waals surface area contributed by atoms with Gasteiger partial charge in [-0.25, -0.2) is 4.79 Å². The average Bonchev–Trinajstić information content (AvgIpc) is 2.80. The SMILES string of the molecule is CCCCN(C(=O)C(C)NC(=O)OC(C)(C)C)C(C(=O)NC1CCCCC1)c1ccc(CC)cc1. The lowest BCUT2D eigenvalue weighted by molar-refractivity contribution is -0.142. The third kappa shape index (κ3) is 9.19. The minimum Gasteiger partial charge on any atom is -0.444 e. The molecule has 0 aromatic heterocycles. The van der Waals surface area contributed by atoms with E-state index in [1.54, 1.807) is 32.6 Å². The van der Waals surface area contributed by atoms with Crippen LogP contribution in [0.3, 0.4) is 0 Å². The highest BCUT2D eigenvalue weighted by Crippen LogP contribution is 2.26. The first-order valence-electron chi connectivity index (χ1n) is 13.2. The summed E-state index contributed by atoms with van der Waals surface area (Å²) in [5.41, 5.74) is 1.29. The number of benzene rings is 1. The number of carbonyl (C=O) groups is 3. The van der Waals surface area contributed by atoms with E-state index in [2.05, 4.69) is 24.5 Å². The van der Waals surface area contributed by atoms with Gasteiger partial charge in [0, 0.05) is 12.6 Å². The van der Waals surface area contributed by atoms with Crippen molar-refractivity contribution in [3.05, 3.63) is 35.4 Å². The number of nitrogens with zero attached hydrogens (tertiary/aromatic N) is 1. The lowest BCUT2D eigenvalue weighted by atomic mass is 9.94. The van der Waals surface area contributed by atoms with Gasteiger partial charge in [-0.05, 0) is 64.5 Å². The molecule has 1 aromatic carbocycles. The molecule has 1 aromatic rings. The van der Waals surface area contributed by atoms with Crippen molar-refractivity contribution in [3.63, 3.8) is 0 Å². The molecule has 1 aliphatic rings. The van der Waals surface area contributed by atoms with Crippen LogP contribution in [0.15, 0.2) is 24.3 Å². The monoisotopic (exact) mass is 487 g/mol. The zero-order chi connectivity index (χ0) is 26.0. The molecule has 35 heavy (non-hydrogen) atoms. The summed E-state index contributed by atoms with van der Waals surface area (Å²) < 4.78 is 5.34. The molecule has 1 aliphatic carbocycles. The third-order valence-electron chi connectivity index (χ3n) is 6.35. The molecule has 0 radical (unpaired) electrons. The summed E-state index contributed by atoms with van der Waals surface area (Å²) in [5, 5.41) is 5.88. The zero-order valence-corrected chi connectivity index (χ0v) is 22.5. The van der Waals surface area contributed by atoms with E-state index in [9.17, 15) is 14.4 Å². The van der Waals surface area contributed by atoms with E-state index in [-0.39, 0.29) is 17.9 Å². The van der Waals surface area contributed by atoms with Gasteiger partial charge in [0.05, 0.1) is 0 Å². The van der Waals surface area contributed by atoms with Crippen LogP contribution in [-0.4, -0.2) is 47.0 Å². The molecular weight excluding hydrogens is 442 g/mol. The maximum Gasteiger partial charge on any atom is 0.408 e. The molecule has 7 nitrogen and oxygen atoms in total. The Morgan fingerprint density at radius 1 is 1.06 bits per heavy atom. The number of nitrogens with one attached hydrogen (secondary N) is 2. The molecule has 0 saturated heterocycles. The molecule has 0 aliphatic heterocycles. The second-order valence-corrected chi connectivity index (χ2v) is 10.6. The molecule has 1 saturated carbocycles. The number of ether oxygens (including phenoxy) is 1. The van der Waals surface area contributed by atoms with Gasteiger partial charge in [0.25, 0.3) is 0 Å². The molecule has 0 bridgehead atoms. The second-order valence-electron chi connectivity index (χ2n) is 10.6. The van der Waals surface area contributed by atoms with Gasteiger partial charge in [-0.15, -0.1) is 0 Å². The minimum atomic E-state index is -0.832. The summed E-state index contributed by atoms with van der Waals surface area (Å²) in [7, 11) is 0. The van der Waals surface area contributed by atoms with Gasteiger partial charge >= 0.3 is 6.09 Å². The molecule has 7 heteroatoms. The van der Waals surface area contributed by atoms with Crippen molar-refractivity contribution in [1.82, 2.24) is 15.5 Å². The Morgan fingerprint density at radius 3 is 2.23 bits per heavy atom. The molecule has 3 amide bonds. The van der Waals surface area contributed by atoms with E-state index in [0.717, 1.165) is 50.5 Å². The Kier molecular flexibility index (Phi) is 11.1. The number of aryl methyl sites for hydroxylation is 1. The zero-order valence-electron chi connectivity index (χ0n) is 22.5. The Bertz CT molecular complexity index is 826. The van der Waals surface area contributed by atoms with Crippen molar-refractivity contribution < 1.29 is 19.1 Å². The van der Waals surface area contributed by atoms with Crippen molar-refractivity contribution in [2.45, 2.75) is 117 Å². The third-order valence-corrected chi connectivity index (χ3v) is 6.35. The van der Waals surface area contributed by atoms with Crippen molar-refractivity contribution in [2.75, 3.05) is 6.54 Å². The van der Waals surface area contributed by atoms with E-state index >= 15 is 0 Å². The number of hydrogen-bond acceptors (Lipinski definition) is 4. The van der Waals surface area contributed by atoms with Crippen molar-refractivity contribution in [2.24, 2.45) is 0 Å². The predicted octanol–water partition coefficient (Wildman–Crippen LogP) is 5.28. The average molecular weight is 488 g/mol. The predicted molar refractivity (Wildman–Crippen MR) is 139 cm³/mol. The number of hydrogen-bond donors (Lipinski definition) is 2. The summed E-state index contributed by atoms with van der Waals surface area (Å²) in [6.07, 6.45) is 7.22. The summed E-state index contributed by atoms with van der Waals surface area (Å²) in [6.45, 7) is 11.5. The Labute approximate surface area is 211 Å². The molecule has 0 spiro atoms. The minimum absolute atomic E-state index is 0.133. The van der Waals surface area contributed by atoms with Crippen LogP contribution in [0.1, 0.15) is 104 Å². The molecule has 196 valence electrons. The van der Waals surface area contributed by atoms with Crippen LogP contribution >= 0.6 is 0 Å². The van der Waals surface area contributed by atoms with Gasteiger partial charge in [0.15, 0.2) is 0 Å². The van der Waals surface area contributed by atoms with Crippen molar-refractivity contribution in [1.29, 1.82) is 0 Å². The summed E-state index contributed by atoms with van der Waals surface area (Å²) in [6, 6.07) is 6.47. The van der Waals surface area contributed by atoms with E-state index in [1.165, 1.54) is 12.0 Å². The van der Waals surface area contributed by atoms with Gasteiger partial charge in [-0.3, -0.25) is 9.59 Å². The largest absolute Gasteiger partial charge is 0.444 e. The van der Waals surface area contributed by atoms with E-state index in [1.807, 2.05) is 24.3 Å². The van der Waals surface area contributed by atoms with Crippen molar-refractivity contribution in [3.8, 4) is 0 Å². The van der Waals surface area contributed by atoms with Gasteiger partial charge in [0.2, 0.25) is 11.8 Å². The summed E-state index contributed by atoms with van der Waals surface area (Å²) >= 11 is 0. The fourth-order valence-corrected chi connectivity index (χ4v) is 4.43. The number of unbranched alkanes of at least 4 members (excludes halogenated alkanes) is 1. The van der Waals surface area contributed by atoms with Gasteiger partial charge in [-0.1, -0.05) is 63.8 Å². The Balaban J connectivity index is 2.33. The first kappa shape index (κ1) is 28.7. The highest BCUT2D eigenvalue weighted by atomic mass is 16.6. The molecule has 2 N–H and O–H groups in total. The number of rotatable bonds is 10. The first-order valence-corrected chi connectivity index (χ1v) is 13.2. The molecule has 0 heterocycles. The first-order chi connectivity index (χ1) is 16.6. The molecule has 1 fully saturated rings. The maximum atomic E-state index is 13.7. The van der Waals surface area contributed by atoms with E-state index < -0.39 is 23.8 Å². The quantitative estimate of drug-likeness (QED) is 0.470. The lowest BCUT2D eigenvalue weighted by Gasteiger charge is -2.35. The fourth-order valence-electron chi connectivity index (χ4n) is 4.43. The highest BCUT2D eigenvalue weighted by molar-refractivity contribution is 5.92. The number of carbonyl (C=O) groups excluding carboxylic acids is 3. The van der Waals surface area contributed by atoms with Crippen molar-refractivity contribution >= 4 is 17.9 Å². The van der Waals surface area contributed by atoms with Crippen LogP contribution in [-0.2, 0) is 20.7 Å². The van der Waals surface area contributed by atoms with Crippen LogP contribution in [0.4, 0.5) is 4.79 Å². The smallest absolute Gasteiger partial charge is 0.408 e. The molecular formula is C28H45N3O4. The standard InChI is InChI=1S/C28H45N3O4/c1-7-9-19-31(26(33)20(3)29-27(34)35-28(4,5)6)24(22-17-15-21(8-2)16-18-22)25(32)30-23-13-11-10-12-14-23/h15-18,20,23-24H,7-14,19H2,1-6H3,(H,29,34)(H,30,32).